The number of carbonyl (C=O) groups is 2. The van der Waals surface area contributed by atoms with E-state index in [0.717, 1.165) is 0 Å². The molecule has 0 radical (unpaired) electrons. The number of methoxy groups -OCH3 is 1. The van der Waals surface area contributed by atoms with Crippen molar-refractivity contribution in [3.63, 3.8) is 0 Å². The fourth-order valence-corrected chi connectivity index (χ4v) is 4.47. The van der Waals surface area contributed by atoms with Crippen molar-refractivity contribution >= 4 is 25.7 Å². The average molecular weight is 421 g/mol. The van der Waals surface area contributed by atoms with E-state index in [2.05, 4.69) is 5.32 Å². The van der Waals surface area contributed by atoms with Crippen LogP contribution < -0.4 is 10.1 Å². The van der Waals surface area contributed by atoms with Crippen LogP contribution in [0.15, 0.2) is 54.6 Å². The van der Waals surface area contributed by atoms with Gasteiger partial charge in [-0.3, -0.25) is 14.2 Å². The number of rotatable bonds is 11. The third-order valence-corrected chi connectivity index (χ3v) is 5.95. The zero-order valence-electron chi connectivity index (χ0n) is 15.8. The molecule has 0 heterocycles. The summed E-state index contributed by atoms with van der Waals surface area (Å²) in [7, 11) is -1.89. The molecule has 2 rings (SSSR count). The van der Waals surface area contributed by atoms with Crippen LogP contribution in [-0.4, -0.2) is 39.8 Å². The zero-order chi connectivity index (χ0) is 21.4. The lowest BCUT2D eigenvalue weighted by molar-refractivity contribution is -0.143. The Morgan fingerprint density at radius 2 is 1.69 bits per heavy atom. The predicted molar refractivity (Wildman–Crippen MR) is 109 cm³/mol. The Morgan fingerprint density at radius 1 is 1.07 bits per heavy atom. The molecule has 0 saturated heterocycles. The highest BCUT2D eigenvalue weighted by atomic mass is 31.1. The molecule has 0 aliphatic carbocycles. The largest absolute Gasteiger partial charge is 0.495 e. The number of hydrogen-bond acceptors (Lipinski definition) is 5. The van der Waals surface area contributed by atoms with E-state index >= 15 is 0 Å². The highest BCUT2D eigenvalue weighted by Crippen LogP contribution is 2.43. The van der Waals surface area contributed by atoms with Crippen molar-refractivity contribution < 1.29 is 34.0 Å². The predicted octanol–water partition coefficient (Wildman–Crippen LogP) is 3.25. The van der Waals surface area contributed by atoms with E-state index in [1.165, 1.54) is 7.11 Å². The molecule has 0 amide bonds. The van der Waals surface area contributed by atoms with E-state index in [9.17, 15) is 24.2 Å². The van der Waals surface area contributed by atoms with Gasteiger partial charge in [0.2, 0.25) is 0 Å². The lowest BCUT2D eigenvalue weighted by Crippen LogP contribution is -2.35. The van der Waals surface area contributed by atoms with Crippen LogP contribution in [-0.2, 0) is 14.2 Å². The summed E-state index contributed by atoms with van der Waals surface area (Å²) in [4.78, 5) is 33.0. The highest BCUT2D eigenvalue weighted by Gasteiger charge is 2.39. The van der Waals surface area contributed by atoms with Gasteiger partial charge in [-0.25, -0.2) is 0 Å². The fraction of sp³-hybridized carbons (Fsp3) is 0.300. The van der Waals surface area contributed by atoms with E-state index in [1.54, 1.807) is 54.6 Å². The Balaban J connectivity index is 2.51. The number of hydrogen-bond donors (Lipinski definition) is 4. The number of anilines is 1. The summed E-state index contributed by atoms with van der Waals surface area (Å²) in [6.07, 6.45) is -0.679. The van der Waals surface area contributed by atoms with Crippen molar-refractivity contribution in [2.75, 3.05) is 12.4 Å². The van der Waals surface area contributed by atoms with Crippen molar-refractivity contribution in [3.05, 3.63) is 60.2 Å². The summed E-state index contributed by atoms with van der Waals surface area (Å²) < 4.78 is 17.7. The summed E-state index contributed by atoms with van der Waals surface area (Å²) in [6.45, 7) is 0. The molecular formula is C20H24NO7P. The molecule has 0 bridgehead atoms. The summed E-state index contributed by atoms with van der Waals surface area (Å²) >= 11 is 0. The topological polar surface area (TPSA) is 133 Å². The van der Waals surface area contributed by atoms with Crippen LogP contribution in [0.5, 0.6) is 5.75 Å². The van der Waals surface area contributed by atoms with Crippen molar-refractivity contribution in [2.45, 2.75) is 24.5 Å². The molecule has 0 aliphatic rings. The van der Waals surface area contributed by atoms with Gasteiger partial charge in [0, 0.05) is 6.42 Å². The summed E-state index contributed by atoms with van der Waals surface area (Å²) in [5, 5.41) is 21.8. The van der Waals surface area contributed by atoms with Crippen LogP contribution in [0.3, 0.4) is 0 Å². The number of nitrogens with one attached hydrogen (secondary N) is 1. The molecule has 0 spiro atoms. The van der Waals surface area contributed by atoms with Crippen LogP contribution in [0.2, 0.25) is 0 Å². The second-order valence-corrected chi connectivity index (χ2v) is 7.82. The molecule has 29 heavy (non-hydrogen) atoms. The molecule has 4 atom stereocenters. The van der Waals surface area contributed by atoms with E-state index in [4.69, 9.17) is 9.84 Å². The second kappa shape index (κ2) is 10.6. The number of carboxylic acid groups (broad SMARTS) is 2. The Morgan fingerprint density at radius 3 is 2.24 bits per heavy atom. The molecule has 0 aromatic heterocycles. The first-order chi connectivity index (χ1) is 13.8. The van der Waals surface area contributed by atoms with Crippen molar-refractivity contribution in [1.82, 2.24) is 0 Å². The smallest absolute Gasteiger partial charge is 0.307 e. The maximum absolute atomic E-state index is 12.4. The first kappa shape index (κ1) is 22.5. The molecule has 8 nitrogen and oxygen atoms in total. The van der Waals surface area contributed by atoms with E-state index in [-0.39, 0.29) is 6.42 Å². The van der Waals surface area contributed by atoms with Crippen LogP contribution in [0.1, 0.15) is 24.4 Å². The molecule has 2 aromatic carbocycles. The molecule has 4 N–H and O–H groups in total. The third-order valence-electron chi connectivity index (χ3n) is 4.64. The lowest BCUT2D eigenvalue weighted by atomic mass is 9.90. The van der Waals surface area contributed by atoms with Gasteiger partial charge < -0.3 is 25.2 Å². The SMILES string of the molecule is COc1ccccc1NC(c1ccccc1)C(C(CCC(=O)O)C(=O)O)[PH](=O)O. The number of benzene rings is 2. The molecule has 156 valence electrons. The number of para-hydroxylation sites is 2. The molecule has 9 heteroatoms. The van der Waals surface area contributed by atoms with E-state index < -0.39 is 44.0 Å². The van der Waals surface area contributed by atoms with Gasteiger partial charge in [-0.1, -0.05) is 42.5 Å². The molecule has 4 unspecified atom stereocenters. The second-order valence-electron chi connectivity index (χ2n) is 6.47. The standard InChI is InChI=1S/C20H24NO7P/c1-28-16-10-6-5-9-15(16)21-18(13-7-3-2-4-8-13)19(29(26)27)14(20(24)25)11-12-17(22)23/h2-10,14,18-19,21,29H,11-12H2,1H3,(H,22,23)(H,24,25)(H,26,27). The van der Waals surface area contributed by atoms with E-state index in [1.807, 2.05) is 0 Å². The number of aliphatic carboxylic acids is 2. The lowest BCUT2D eigenvalue weighted by Gasteiger charge is -2.31. The molecule has 0 aliphatic heterocycles. The monoisotopic (exact) mass is 421 g/mol. The van der Waals surface area contributed by atoms with Crippen molar-refractivity contribution in [1.29, 1.82) is 0 Å². The van der Waals surface area contributed by atoms with Gasteiger partial charge in [-0.15, -0.1) is 0 Å². The van der Waals surface area contributed by atoms with Gasteiger partial charge in [-0.05, 0) is 24.1 Å². The minimum absolute atomic E-state index is 0.261. The van der Waals surface area contributed by atoms with Gasteiger partial charge in [-0.2, -0.15) is 0 Å². The number of carboxylic acids is 2. The normalized spacial score (nSPS) is 15.0. The maximum atomic E-state index is 12.4. The Hall–Kier alpha value is -2.83. The molecule has 0 saturated carbocycles. The first-order valence-corrected chi connectivity index (χ1v) is 10.4. The van der Waals surface area contributed by atoms with Crippen LogP contribution in [0.25, 0.3) is 0 Å². The van der Waals surface area contributed by atoms with Crippen LogP contribution in [0.4, 0.5) is 5.69 Å². The minimum atomic E-state index is -3.37. The first-order valence-electron chi connectivity index (χ1n) is 8.97. The zero-order valence-corrected chi connectivity index (χ0v) is 16.8. The summed E-state index contributed by atoms with van der Waals surface area (Å²) in [5.74, 6) is -3.31. The average Bonchev–Trinajstić information content (AvgIpc) is 2.70. The van der Waals surface area contributed by atoms with Crippen molar-refractivity contribution in [2.24, 2.45) is 5.92 Å². The van der Waals surface area contributed by atoms with Gasteiger partial charge in [0.15, 0.2) is 8.03 Å². The van der Waals surface area contributed by atoms with Gasteiger partial charge in [0.05, 0.1) is 30.4 Å². The quantitative estimate of drug-likeness (QED) is 0.407. The molecule has 0 fully saturated rings. The molecular weight excluding hydrogens is 397 g/mol. The van der Waals surface area contributed by atoms with Gasteiger partial charge >= 0.3 is 11.9 Å². The Bertz CT molecular complexity index is 859. The van der Waals surface area contributed by atoms with Gasteiger partial charge in [0.1, 0.15) is 5.75 Å². The van der Waals surface area contributed by atoms with Crippen LogP contribution >= 0.6 is 8.03 Å². The fourth-order valence-electron chi connectivity index (χ4n) is 3.25. The van der Waals surface area contributed by atoms with Crippen molar-refractivity contribution in [3.8, 4) is 5.75 Å². The molecule has 2 aromatic rings. The Kier molecular flexibility index (Phi) is 8.24. The summed E-state index contributed by atoms with van der Waals surface area (Å²) in [5.41, 5.74) is -0.0963. The van der Waals surface area contributed by atoms with Crippen LogP contribution in [0, 0.1) is 5.92 Å². The maximum Gasteiger partial charge on any atom is 0.307 e. The Labute approximate surface area is 169 Å². The van der Waals surface area contributed by atoms with Gasteiger partial charge in [0.25, 0.3) is 0 Å². The third kappa shape index (κ3) is 6.07. The highest BCUT2D eigenvalue weighted by molar-refractivity contribution is 7.39. The summed E-state index contributed by atoms with van der Waals surface area (Å²) in [6, 6.07) is 14.8. The minimum Gasteiger partial charge on any atom is -0.495 e. The number of ether oxygens (including phenoxy) is 1. The van der Waals surface area contributed by atoms with E-state index in [0.29, 0.717) is 17.0 Å².